The summed E-state index contributed by atoms with van der Waals surface area (Å²) in [6, 6.07) is 7.99. The fraction of sp³-hybridized carbons (Fsp3) is 0.529. The Morgan fingerprint density at radius 3 is 2.19 bits per heavy atom. The maximum atomic E-state index is 11.8. The molecule has 4 heteroatoms. The number of ketones is 1. The van der Waals surface area contributed by atoms with Crippen LogP contribution in [0.2, 0.25) is 0 Å². The van der Waals surface area contributed by atoms with Crippen molar-refractivity contribution in [3.63, 3.8) is 0 Å². The molecule has 0 radical (unpaired) electrons. The van der Waals surface area contributed by atoms with Crippen LogP contribution in [-0.2, 0) is 16.0 Å². The first-order chi connectivity index (χ1) is 9.67. The van der Waals surface area contributed by atoms with E-state index in [-0.39, 0.29) is 12.3 Å². The Kier molecular flexibility index (Phi) is 5.94. The number of Topliss-reactive ketones (excluding diaryl/α,β-unsaturated/α-hetero) is 1. The number of ether oxygens (including phenoxy) is 1. The zero-order chi connectivity index (χ0) is 16.0. The van der Waals surface area contributed by atoms with Crippen LogP contribution >= 0.6 is 0 Å². The normalized spacial score (nSPS) is 11.3. The van der Waals surface area contributed by atoms with Crippen LogP contribution in [0.4, 0.5) is 4.79 Å². The second-order valence-electron chi connectivity index (χ2n) is 6.47. The van der Waals surface area contributed by atoms with E-state index in [9.17, 15) is 9.59 Å². The predicted molar refractivity (Wildman–Crippen MR) is 83.5 cm³/mol. The molecule has 0 bridgehead atoms. The Balaban J connectivity index is 2.42. The number of hydrogen-bond donors (Lipinski definition) is 1. The molecular weight excluding hydrogens is 266 g/mol. The smallest absolute Gasteiger partial charge is 0.408 e. The molecule has 0 spiro atoms. The summed E-state index contributed by atoms with van der Waals surface area (Å²) in [6.45, 7) is 9.59. The van der Waals surface area contributed by atoms with Crippen molar-refractivity contribution in [1.29, 1.82) is 0 Å². The van der Waals surface area contributed by atoms with Gasteiger partial charge in [0.1, 0.15) is 5.60 Å². The van der Waals surface area contributed by atoms with E-state index in [1.807, 2.05) is 24.3 Å². The Hall–Kier alpha value is -1.84. The summed E-state index contributed by atoms with van der Waals surface area (Å²) in [7, 11) is 0. The van der Waals surface area contributed by atoms with Crippen molar-refractivity contribution < 1.29 is 14.3 Å². The van der Waals surface area contributed by atoms with Crippen LogP contribution in [-0.4, -0.2) is 24.0 Å². The van der Waals surface area contributed by atoms with Crippen molar-refractivity contribution in [3.8, 4) is 0 Å². The summed E-state index contributed by atoms with van der Waals surface area (Å²) in [5.41, 5.74) is 1.65. The van der Waals surface area contributed by atoms with Gasteiger partial charge in [-0.25, -0.2) is 4.79 Å². The molecule has 0 aliphatic heterocycles. The van der Waals surface area contributed by atoms with Gasteiger partial charge in [0.15, 0.2) is 5.78 Å². The van der Waals surface area contributed by atoms with Gasteiger partial charge in [-0.3, -0.25) is 4.79 Å². The van der Waals surface area contributed by atoms with E-state index in [4.69, 9.17) is 4.74 Å². The Morgan fingerprint density at radius 2 is 1.71 bits per heavy atom. The summed E-state index contributed by atoms with van der Waals surface area (Å²) < 4.78 is 5.08. The van der Waals surface area contributed by atoms with Crippen molar-refractivity contribution in [3.05, 3.63) is 35.4 Å². The summed E-state index contributed by atoms with van der Waals surface area (Å²) >= 11 is 0. The molecular formula is C17H25NO3. The number of hydrogen-bond acceptors (Lipinski definition) is 3. The summed E-state index contributed by atoms with van der Waals surface area (Å²) in [4.78, 5) is 23.3. The van der Waals surface area contributed by atoms with Crippen LogP contribution in [0.5, 0.6) is 0 Å². The molecule has 1 N–H and O–H groups in total. The molecule has 0 fully saturated rings. The Morgan fingerprint density at radius 1 is 1.14 bits per heavy atom. The minimum absolute atomic E-state index is 0.0131. The van der Waals surface area contributed by atoms with Gasteiger partial charge in [-0.05, 0) is 37.8 Å². The predicted octanol–water partition coefficient (Wildman–Crippen LogP) is 3.45. The van der Waals surface area contributed by atoms with E-state index >= 15 is 0 Å². The van der Waals surface area contributed by atoms with Crippen molar-refractivity contribution in [2.24, 2.45) is 0 Å². The summed E-state index contributed by atoms with van der Waals surface area (Å²) in [6.07, 6.45) is -0.250. The lowest BCUT2D eigenvalue weighted by atomic mass is 10.00. The highest BCUT2D eigenvalue weighted by Gasteiger charge is 2.16. The Bertz CT molecular complexity index is 484. The first-order valence-corrected chi connectivity index (χ1v) is 7.25. The SMILES string of the molecule is CC(C)c1ccc(CC(=O)CNC(=O)OC(C)(C)C)cc1. The second-order valence-corrected chi connectivity index (χ2v) is 6.47. The maximum absolute atomic E-state index is 11.8. The zero-order valence-corrected chi connectivity index (χ0v) is 13.5. The van der Waals surface area contributed by atoms with Crippen molar-refractivity contribution in [2.45, 2.75) is 52.6 Å². The molecule has 0 heterocycles. The molecule has 4 nitrogen and oxygen atoms in total. The first-order valence-electron chi connectivity index (χ1n) is 7.25. The third-order valence-corrected chi connectivity index (χ3v) is 2.88. The van der Waals surface area contributed by atoms with Crippen molar-refractivity contribution >= 4 is 11.9 Å². The maximum Gasteiger partial charge on any atom is 0.408 e. The van der Waals surface area contributed by atoms with Gasteiger partial charge in [-0.15, -0.1) is 0 Å². The molecule has 0 aliphatic rings. The standard InChI is InChI=1S/C17H25NO3/c1-12(2)14-8-6-13(7-9-14)10-15(19)11-18-16(20)21-17(3,4)5/h6-9,12H,10-11H2,1-5H3,(H,18,20). The lowest BCUT2D eigenvalue weighted by Gasteiger charge is -2.19. The largest absolute Gasteiger partial charge is 0.444 e. The number of carbonyl (C=O) groups is 2. The van der Waals surface area contributed by atoms with E-state index in [0.29, 0.717) is 12.3 Å². The van der Waals surface area contributed by atoms with Crippen LogP contribution in [0.3, 0.4) is 0 Å². The van der Waals surface area contributed by atoms with E-state index < -0.39 is 11.7 Å². The van der Waals surface area contributed by atoms with Crippen molar-refractivity contribution in [1.82, 2.24) is 5.32 Å². The first kappa shape index (κ1) is 17.2. The minimum Gasteiger partial charge on any atom is -0.444 e. The fourth-order valence-electron chi connectivity index (χ4n) is 1.80. The van der Waals surface area contributed by atoms with E-state index in [0.717, 1.165) is 5.56 Å². The minimum atomic E-state index is -0.564. The van der Waals surface area contributed by atoms with Crippen LogP contribution in [0.1, 0.15) is 51.7 Å². The average molecular weight is 291 g/mol. The van der Waals surface area contributed by atoms with Crippen LogP contribution in [0, 0.1) is 0 Å². The quantitative estimate of drug-likeness (QED) is 0.904. The monoisotopic (exact) mass is 291 g/mol. The molecule has 0 atom stereocenters. The third-order valence-electron chi connectivity index (χ3n) is 2.88. The molecule has 21 heavy (non-hydrogen) atoms. The number of rotatable bonds is 5. The van der Waals surface area contributed by atoms with Gasteiger partial charge < -0.3 is 10.1 Å². The molecule has 0 unspecified atom stereocenters. The van der Waals surface area contributed by atoms with E-state index in [1.165, 1.54) is 5.56 Å². The fourth-order valence-corrected chi connectivity index (χ4v) is 1.80. The molecule has 116 valence electrons. The highest BCUT2D eigenvalue weighted by Crippen LogP contribution is 2.15. The van der Waals surface area contributed by atoms with Gasteiger partial charge in [0.25, 0.3) is 0 Å². The van der Waals surface area contributed by atoms with Gasteiger partial charge in [0.05, 0.1) is 6.54 Å². The topological polar surface area (TPSA) is 55.4 Å². The molecule has 0 saturated carbocycles. The Labute approximate surface area is 126 Å². The number of nitrogens with one attached hydrogen (secondary N) is 1. The van der Waals surface area contributed by atoms with E-state index in [1.54, 1.807) is 20.8 Å². The summed E-state index contributed by atoms with van der Waals surface area (Å²) in [5, 5.41) is 2.48. The molecule has 0 aromatic heterocycles. The molecule has 1 aromatic rings. The molecule has 0 saturated heterocycles. The van der Waals surface area contributed by atoms with Gasteiger partial charge in [-0.2, -0.15) is 0 Å². The molecule has 1 aromatic carbocycles. The third kappa shape index (κ3) is 6.93. The lowest BCUT2D eigenvalue weighted by molar-refractivity contribution is -0.117. The van der Waals surface area contributed by atoms with Gasteiger partial charge in [0.2, 0.25) is 0 Å². The zero-order valence-electron chi connectivity index (χ0n) is 13.5. The lowest BCUT2D eigenvalue weighted by Crippen LogP contribution is -2.35. The van der Waals surface area contributed by atoms with Crippen molar-refractivity contribution in [2.75, 3.05) is 6.54 Å². The number of alkyl carbamates (subject to hydrolysis) is 1. The number of carbonyl (C=O) groups excluding carboxylic acids is 2. The van der Waals surface area contributed by atoms with Crippen LogP contribution in [0.25, 0.3) is 0 Å². The average Bonchev–Trinajstić information content (AvgIpc) is 2.35. The van der Waals surface area contributed by atoms with Gasteiger partial charge in [0, 0.05) is 6.42 Å². The summed E-state index contributed by atoms with van der Waals surface area (Å²) in [5.74, 6) is 0.432. The molecule has 1 rings (SSSR count). The highest BCUT2D eigenvalue weighted by atomic mass is 16.6. The van der Waals surface area contributed by atoms with Crippen LogP contribution < -0.4 is 5.32 Å². The molecule has 1 amide bonds. The van der Waals surface area contributed by atoms with Gasteiger partial charge in [-0.1, -0.05) is 38.1 Å². The molecule has 0 aliphatic carbocycles. The van der Waals surface area contributed by atoms with Gasteiger partial charge >= 0.3 is 6.09 Å². The number of benzene rings is 1. The highest BCUT2D eigenvalue weighted by molar-refractivity contribution is 5.85. The van der Waals surface area contributed by atoms with Crippen LogP contribution in [0.15, 0.2) is 24.3 Å². The second kappa shape index (κ2) is 7.25. The number of amides is 1. The van der Waals surface area contributed by atoms with E-state index in [2.05, 4.69) is 19.2 Å².